The molecule has 1 amide bonds. The largest absolute Gasteiger partial charge is 0.386 e. The molecule has 0 bridgehead atoms. The van der Waals surface area contributed by atoms with Crippen LogP contribution in [0.3, 0.4) is 0 Å². The molecule has 1 unspecified atom stereocenters. The van der Waals surface area contributed by atoms with Crippen LogP contribution >= 0.6 is 11.6 Å². The Morgan fingerprint density at radius 1 is 1.11 bits per heavy atom. The van der Waals surface area contributed by atoms with E-state index >= 15 is 0 Å². The first-order chi connectivity index (χ1) is 17.9. The first kappa shape index (κ1) is 23.9. The van der Waals surface area contributed by atoms with Gasteiger partial charge in [-0.1, -0.05) is 35.0 Å². The number of tetrazole rings is 1. The minimum atomic E-state index is -0.789. The van der Waals surface area contributed by atoms with Gasteiger partial charge >= 0.3 is 5.69 Å². The molecule has 5 rings (SSSR count). The van der Waals surface area contributed by atoms with Crippen LogP contribution < -0.4 is 21.9 Å². The summed E-state index contributed by atoms with van der Waals surface area (Å²) in [6, 6.07) is 14.3. The number of hydrogen-bond acceptors (Lipinski definition) is 7. The molecule has 0 aliphatic rings. The highest BCUT2D eigenvalue weighted by molar-refractivity contribution is 6.31. The average molecular weight is 521 g/mol. The van der Waals surface area contributed by atoms with Crippen LogP contribution in [0.4, 0.5) is 10.1 Å². The van der Waals surface area contributed by atoms with Gasteiger partial charge in [0.2, 0.25) is 5.82 Å². The lowest BCUT2D eigenvalue weighted by atomic mass is 10.1. The van der Waals surface area contributed by atoms with E-state index in [0.717, 1.165) is 10.6 Å². The molecular weight excluding hydrogens is 503 g/mol. The third-order valence-electron chi connectivity index (χ3n) is 5.75. The molecule has 0 aliphatic carbocycles. The molecule has 5 aromatic rings. The van der Waals surface area contributed by atoms with Crippen molar-refractivity contribution in [2.45, 2.75) is 6.04 Å². The molecule has 2 heterocycles. The van der Waals surface area contributed by atoms with Crippen LogP contribution in [0.5, 0.6) is 0 Å². The van der Waals surface area contributed by atoms with Gasteiger partial charge in [0.1, 0.15) is 11.9 Å². The van der Waals surface area contributed by atoms with Crippen LogP contribution in [0.1, 0.15) is 27.8 Å². The zero-order valence-corrected chi connectivity index (χ0v) is 19.9. The number of hydrogen-bond donors (Lipinski definition) is 4. The zero-order valence-electron chi connectivity index (χ0n) is 19.1. The summed E-state index contributed by atoms with van der Waals surface area (Å²) < 4.78 is 15.1. The number of aromatic amines is 2. The number of rotatable bonds is 6. The van der Waals surface area contributed by atoms with Crippen LogP contribution in [0.25, 0.3) is 16.6 Å². The second kappa shape index (κ2) is 9.66. The van der Waals surface area contributed by atoms with Gasteiger partial charge < -0.3 is 15.6 Å². The standard InChI is InChI=1S/C24H18ClFN8O3/c1-27-19-11-18-15(10-17(19)26)23(36)34(24(37)28-18)13-8-6-12(7-9-13)22(35)29-20(21-30-32-33-31-21)14-4-2-3-5-16(14)25/h2-11,20,27H,1H3,(H,28,37)(H,29,35)(H,30,31,32,33). The van der Waals surface area contributed by atoms with E-state index < -0.39 is 29.0 Å². The fraction of sp³-hybridized carbons (Fsp3) is 0.0833. The lowest BCUT2D eigenvalue weighted by Crippen LogP contribution is -2.34. The predicted molar refractivity (Wildman–Crippen MR) is 135 cm³/mol. The number of nitrogens with zero attached hydrogens (tertiary/aromatic N) is 4. The van der Waals surface area contributed by atoms with Gasteiger partial charge in [-0.2, -0.15) is 5.21 Å². The number of carbonyl (C=O) groups is 1. The van der Waals surface area contributed by atoms with Gasteiger partial charge in [0, 0.05) is 23.2 Å². The van der Waals surface area contributed by atoms with E-state index in [-0.39, 0.29) is 33.7 Å². The molecule has 186 valence electrons. The minimum absolute atomic E-state index is 0.000568. The maximum Gasteiger partial charge on any atom is 0.333 e. The number of fused-ring (bicyclic) bond motifs is 1. The second-order valence-corrected chi connectivity index (χ2v) is 8.35. The quantitative estimate of drug-likeness (QED) is 0.268. The SMILES string of the molecule is CNc1cc2[nH]c(=O)n(-c3ccc(C(=O)NC(c4nn[nH]n4)c4ccccc4Cl)cc3)c(=O)c2cc1F. The maximum atomic E-state index is 14.3. The first-order valence-electron chi connectivity index (χ1n) is 10.9. The van der Waals surface area contributed by atoms with Gasteiger partial charge in [0.25, 0.3) is 11.5 Å². The fourth-order valence-corrected chi connectivity index (χ4v) is 4.17. The minimum Gasteiger partial charge on any atom is -0.386 e. The Morgan fingerprint density at radius 2 is 1.86 bits per heavy atom. The number of H-pyrrole nitrogens is 2. The number of nitrogens with one attached hydrogen (secondary N) is 4. The second-order valence-electron chi connectivity index (χ2n) is 7.94. The Balaban J connectivity index is 1.47. The summed E-state index contributed by atoms with van der Waals surface area (Å²) in [5.74, 6) is -0.906. The van der Waals surface area contributed by atoms with Crippen LogP contribution in [0.2, 0.25) is 5.02 Å². The molecule has 0 saturated carbocycles. The Labute approximate surface area is 212 Å². The van der Waals surface area contributed by atoms with E-state index in [2.05, 4.69) is 36.2 Å². The molecule has 0 fully saturated rings. The summed E-state index contributed by atoms with van der Waals surface area (Å²) in [6.07, 6.45) is 0. The van der Waals surface area contributed by atoms with E-state index in [9.17, 15) is 18.8 Å². The number of aromatic nitrogens is 6. The van der Waals surface area contributed by atoms with E-state index in [1.54, 1.807) is 24.3 Å². The van der Waals surface area contributed by atoms with Gasteiger partial charge in [0.15, 0.2) is 0 Å². The number of carbonyl (C=O) groups excluding carboxylic acids is 1. The Morgan fingerprint density at radius 3 is 2.54 bits per heavy atom. The highest BCUT2D eigenvalue weighted by atomic mass is 35.5. The van der Waals surface area contributed by atoms with Crippen molar-refractivity contribution in [3.63, 3.8) is 0 Å². The van der Waals surface area contributed by atoms with Crippen LogP contribution in [0.15, 0.2) is 70.3 Å². The molecule has 2 aromatic heterocycles. The number of halogens is 2. The highest BCUT2D eigenvalue weighted by Gasteiger charge is 2.24. The molecular formula is C24H18ClFN8O3. The third-order valence-corrected chi connectivity index (χ3v) is 6.10. The normalized spacial score (nSPS) is 11.9. The van der Waals surface area contributed by atoms with Gasteiger partial charge in [-0.15, -0.1) is 10.2 Å². The molecule has 0 spiro atoms. The van der Waals surface area contributed by atoms with Crippen molar-refractivity contribution < 1.29 is 9.18 Å². The Bertz CT molecular complexity index is 1730. The molecule has 3 aromatic carbocycles. The molecule has 13 heteroatoms. The van der Waals surface area contributed by atoms with Gasteiger partial charge in [-0.25, -0.2) is 13.8 Å². The first-order valence-corrected chi connectivity index (χ1v) is 11.3. The van der Waals surface area contributed by atoms with Crippen molar-refractivity contribution in [1.82, 2.24) is 35.5 Å². The molecule has 0 aliphatic heterocycles. The number of benzene rings is 3. The van der Waals surface area contributed by atoms with Crippen molar-refractivity contribution >= 4 is 34.1 Å². The smallest absolute Gasteiger partial charge is 0.333 e. The molecule has 0 radical (unpaired) electrons. The maximum absolute atomic E-state index is 14.3. The van der Waals surface area contributed by atoms with Crippen LogP contribution in [-0.2, 0) is 0 Å². The summed E-state index contributed by atoms with van der Waals surface area (Å²) in [5, 5.41) is 19.7. The van der Waals surface area contributed by atoms with E-state index in [1.165, 1.54) is 37.4 Å². The Kier molecular flexibility index (Phi) is 6.24. The predicted octanol–water partition coefficient (Wildman–Crippen LogP) is 2.55. The van der Waals surface area contributed by atoms with Crippen molar-refractivity contribution in [3.8, 4) is 5.69 Å². The van der Waals surface area contributed by atoms with E-state index in [4.69, 9.17) is 11.6 Å². The van der Waals surface area contributed by atoms with Gasteiger partial charge in [0.05, 0.1) is 22.3 Å². The lowest BCUT2D eigenvalue weighted by molar-refractivity contribution is 0.0941. The fourth-order valence-electron chi connectivity index (χ4n) is 3.92. The van der Waals surface area contributed by atoms with Crippen molar-refractivity contribution in [2.24, 2.45) is 0 Å². The molecule has 1 atom stereocenters. The molecule has 11 nitrogen and oxygen atoms in total. The van der Waals surface area contributed by atoms with Crippen LogP contribution in [0, 0.1) is 5.82 Å². The molecule has 4 N–H and O–H groups in total. The zero-order chi connectivity index (χ0) is 26.1. The summed E-state index contributed by atoms with van der Waals surface area (Å²) in [4.78, 5) is 41.4. The van der Waals surface area contributed by atoms with Crippen molar-refractivity contribution in [1.29, 1.82) is 0 Å². The monoisotopic (exact) mass is 520 g/mol. The summed E-state index contributed by atoms with van der Waals surface area (Å²) in [5.41, 5.74) is -0.0688. The average Bonchev–Trinajstić information content (AvgIpc) is 3.43. The molecule has 0 saturated heterocycles. The van der Waals surface area contributed by atoms with Gasteiger partial charge in [-0.3, -0.25) is 9.59 Å². The lowest BCUT2D eigenvalue weighted by Gasteiger charge is -2.17. The number of amides is 1. The summed E-state index contributed by atoms with van der Waals surface area (Å²) in [7, 11) is 1.53. The highest BCUT2D eigenvalue weighted by Crippen LogP contribution is 2.26. The third kappa shape index (κ3) is 4.45. The topological polar surface area (TPSA) is 150 Å². The summed E-state index contributed by atoms with van der Waals surface area (Å²) in [6.45, 7) is 0. The molecule has 37 heavy (non-hydrogen) atoms. The van der Waals surface area contributed by atoms with E-state index in [0.29, 0.717) is 10.6 Å². The number of anilines is 1. The van der Waals surface area contributed by atoms with Gasteiger partial charge in [-0.05, 0) is 42.5 Å². The Hall–Kier alpha value is -4.84. The van der Waals surface area contributed by atoms with Crippen LogP contribution in [-0.4, -0.2) is 43.1 Å². The van der Waals surface area contributed by atoms with Crippen molar-refractivity contribution in [2.75, 3.05) is 12.4 Å². The van der Waals surface area contributed by atoms with Crippen molar-refractivity contribution in [3.05, 3.63) is 109 Å². The van der Waals surface area contributed by atoms with E-state index in [1.807, 2.05) is 0 Å². The summed E-state index contributed by atoms with van der Waals surface area (Å²) >= 11 is 6.32.